The minimum atomic E-state index is 0.629. The lowest BCUT2D eigenvalue weighted by molar-refractivity contribution is 0.773. The number of rotatable bonds is 4. The molecule has 3 heteroatoms. The molecule has 1 saturated heterocycles. The van der Waals surface area contributed by atoms with E-state index in [2.05, 4.69) is 53.5 Å². The van der Waals surface area contributed by atoms with Gasteiger partial charge in [-0.3, -0.25) is 0 Å². The summed E-state index contributed by atoms with van der Waals surface area (Å²) in [5.74, 6) is 1.78. The fourth-order valence-corrected chi connectivity index (χ4v) is 3.21. The topological polar surface area (TPSA) is 28.2 Å². The van der Waals surface area contributed by atoms with Crippen LogP contribution < -0.4 is 10.2 Å². The van der Waals surface area contributed by atoms with Gasteiger partial charge in [0.2, 0.25) is 0 Å². The maximum Gasteiger partial charge on any atom is 0.131 e. The summed E-state index contributed by atoms with van der Waals surface area (Å²) in [6, 6.07) is 13.1. The van der Waals surface area contributed by atoms with Crippen molar-refractivity contribution in [1.82, 2.24) is 10.3 Å². The Morgan fingerprint density at radius 2 is 2.10 bits per heavy atom. The fourth-order valence-electron chi connectivity index (χ4n) is 3.21. The van der Waals surface area contributed by atoms with Crippen molar-refractivity contribution < 1.29 is 0 Å². The largest absolute Gasteiger partial charge is 0.356 e. The van der Waals surface area contributed by atoms with Crippen LogP contribution in [-0.4, -0.2) is 25.1 Å². The summed E-state index contributed by atoms with van der Waals surface area (Å²) >= 11 is 0. The van der Waals surface area contributed by atoms with Gasteiger partial charge >= 0.3 is 0 Å². The minimum absolute atomic E-state index is 0.629. The molecule has 2 aromatic rings. The first kappa shape index (κ1) is 14.1. The fraction of sp³-hybridized carbons (Fsp3) is 0.389. The van der Waals surface area contributed by atoms with Crippen molar-refractivity contribution >= 4 is 5.82 Å². The van der Waals surface area contributed by atoms with Crippen LogP contribution >= 0.6 is 0 Å². The zero-order valence-electron chi connectivity index (χ0n) is 12.8. The van der Waals surface area contributed by atoms with E-state index in [1.54, 1.807) is 0 Å². The molecular formula is C18H23N3. The monoisotopic (exact) mass is 281 g/mol. The summed E-state index contributed by atoms with van der Waals surface area (Å²) in [6.07, 6.45) is 3.21. The summed E-state index contributed by atoms with van der Waals surface area (Å²) in [5, 5.41) is 3.18. The third kappa shape index (κ3) is 3.08. The Kier molecular flexibility index (Phi) is 4.20. The van der Waals surface area contributed by atoms with Crippen molar-refractivity contribution in [3.8, 4) is 0 Å². The van der Waals surface area contributed by atoms with Crippen LogP contribution in [0.4, 0.5) is 5.82 Å². The average molecular weight is 281 g/mol. The van der Waals surface area contributed by atoms with Gasteiger partial charge in [0, 0.05) is 31.7 Å². The van der Waals surface area contributed by atoms with E-state index in [1.165, 1.54) is 23.1 Å². The summed E-state index contributed by atoms with van der Waals surface area (Å²) in [4.78, 5) is 7.12. The molecule has 1 aliphatic rings. The molecule has 0 amide bonds. The first-order valence-electron chi connectivity index (χ1n) is 7.68. The van der Waals surface area contributed by atoms with Gasteiger partial charge in [-0.25, -0.2) is 4.98 Å². The number of pyridine rings is 1. The first-order chi connectivity index (χ1) is 10.3. The summed E-state index contributed by atoms with van der Waals surface area (Å²) in [7, 11) is 1.97. The molecule has 110 valence electrons. The molecule has 1 fully saturated rings. The van der Waals surface area contributed by atoms with Gasteiger partial charge in [0.25, 0.3) is 0 Å². The molecule has 1 unspecified atom stereocenters. The molecule has 0 bridgehead atoms. The molecular weight excluding hydrogens is 258 g/mol. The van der Waals surface area contributed by atoms with Gasteiger partial charge in [-0.15, -0.1) is 0 Å². The van der Waals surface area contributed by atoms with E-state index < -0.39 is 0 Å². The normalized spacial score (nSPS) is 18.2. The van der Waals surface area contributed by atoms with Crippen molar-refractivity contribution in [2.75, 3.05) is 25.0 Å². The predicted molar refractivity (Wildman–Crippen MR) is 87.8 cm³/mol. The van der Waals surface area contributed by atoms with Gasteiger partial charge in [0.15, 0.2) is 0 Å². The Morgan fingerprint density at radius 3 is 2.81 bits per heavy atom. The number of hydrogen-bond acceptors (Lipinski definition) is 3. The molecule has 3 nitrogen and oxygen atoms in total. The highest BCUT2D eigenvalue weighted by Crippen LogP contribution is 2.31. The number of hydrogen-bond donors (Lipinski definition) is 1. The van der Waals surface area contributed by atoms with Crippen LogP contribution in [0, 0.1) is 6.92 Å². The zero-order chi connectivity index (χ0) is 14.7. The maximum atomic E-state index is 4.69. The van der Waals surface area contributed by atoms with Crippen molar-refractivity contribution in [2.45, 2.75) is 25.8 Å². The molecule has 21 heavy (non-hydrogen) atoms. The Labute approximate surface area is 127 Å². The molecule has 1 aliphatic heterocycles. The van der Waals surface area contributed by atoms with Crippen LogP contribution in [0.5, 0.6) is 0 Å². The third-order valence-corrected chi connectivity index (χ3v) is 4.25. The molecule has 1 atom stereocenters. The van der Waals surface area contributed by atoms with Crippen LogP contribution in [0.1, 0.15) is 29.0 Å². The number of benzene rings is 1. The highest BCUT2D eigenvalue weighted by atomic mass is 15.2. The Hall–Kier alpha value is -1.87. The zero-order valence-corrected chi connectivity index (χ0v) is 12.8. The van der Waals surface area contributed by atoms with Gasteiger partial charge in [-0.2, -0.15) is 0 Å². The summed E-state index contributed by atoms with van der Waals surface area (Å²) < 4.78 is 0. The average Bonchev–Trinajstić information content (AvgIpc) is 2.98. The highest BCUT2D eigenvalue weighted by Gasteiger charge is 2.25. The van der Waals surface area contributed by atoms with Gasteiger partial charge in [0.1, 0.15) is 5.82 Å². The first-order valence-corrected chi connectivity index (χ1v) is 7.68. The van der Waals surface area contributed by atoms with Gasteiger partial charge in [0.05, 0.1) is 0 Å². The number of aromatic nitrogens is 1. The van der Waals surface area contributed by atoms with E-state index in [9.17, 15) is 0 Å². The maximum absolute atomic E-state index is 4.69. The summed E-state index contributed by atoms with van der Waals surface area (Å²) in [6.45, 7) is 5.21. The van der Waals surface area contributed by atoms with Crippen molar-refractivity contribution in [2.24, 2.45) is 0 Å². The van der Waals surface area contributed by atoms with Crippen LogP contribution in [0.3, 0.4) is 0 Å². The second-order valence-corrected chi connectivity index (χ2v) is 5.86. The molecule has 0 aliphatic carbocycles. The number of nitrogens with zero attached hydrogens (tertiary/aromatic N) is 2. The van der Waals surface area contributed by atoms with E-state index in [-0.39, 0.29) is 0 Å². The molecule has 1 aromatic heterocycles. The van der Waals surface area contributed by atoms with Crippen LogP contribution in [0.2, 0.25) is 0 Å². The number of aryl methyl sites for hydroxylation is 1. The van der Waals surface area contributed by atoms with E-state index in [0.717, 1.165) is 25.5 Å². The lowest BCUT2D eigenvalue weighted by atomic mass is 9.99. The van der Waals surface area contributed by atoms with E-state index in [1.807, 2.05) is 13.2 Å². The third-order valence-electron chi connectivity index (χ3n) is 4.25. The van der Waals surface area contributed by atoms with Crippen LogP contribution in [-0.2, 0) is 6.54 Å². The lowest BCUT2D eigenvalue weighted by Gasteiger charge is -2.20. The molecule has 0 spiro atoms. The Balaban J connectivity index is 1.74. The molecule has 0 radical (unpaired) electrons. The van der Waals surface area contributed by atoms with Crippen molar-refractivity contribution in [1.29, 1.82) is 0 Å². The summed E-state index contributed by atoms with van der Waals surface area (Å²) in [5.41, 5.74) is 3.97. The standard InChI is InChI=1S/C18H23N3/c1-14-10-15(11-19-2)12-20-18(14)21-9-8-17(13-21)16-6-4-3-5-7-16/h3-7,10,12,17,19H,8-9,11,13H2,1-2H3. The van der Waals surface area contributed by atoms with Crippen molar-refractivity contribution in [3.63, 3.8) is 0 Å². The molecule has 1 aromatic carbocycles. The van der Waals surface area contributed by atoms with Crippen molar-refractivity contribution in [3.05, 3.63) is 59.3 Å². The SMILES string of the molecule is CNCc1cnc(N2CCC(c3ccccc3)C2)c(C)c1. The second kappa shape index (κ2) is 6.27. The van der Waals surface area contributed by atoms with Crippen LogP contribution in [0.25, 0.3) is 0 Å². The molecule has 0 saturated carbocycles. The van der Waals surface area contributed by atoms with E-state index >= 15 is 0 Å². The highest BCUT2D eigenvalue weighted by molar-refractivity contribution is 5.49. The molecule has 3 rings (SSSR count). The van der Waals surface area contributed by atoms with Gasteiger partial charge < -0.3 is 10.2 Å². The quantitative estimate of drug-likeness (QED) is 0.933. The molecule has 2 heterocycles. The Morgan fingerprint density at radius 1 is 1.29 bits per heavy atom. The second-order valence-electron chi connectivity index (χ2n) is 5.86. The van der Waals surface area contributed by atoms with Gasteiger partial charge in [-0.1, -0.05) is 30.3 Å². The smallest absolute Gasteiger partial charge is 0.131 e. The van der Waals surface area contributed by atoms with E-state index in [0.29, 0.717) is 5.92 Å². The lowest BCUT2D eigenvalue weighted by Crippen LogP contribution is -2.21. The number of nitrogens with one attached hydrogen (secondary N) is 1. The van der Waals surface area contributed by atoms with Crippen LogP contribution in [0.15, 0.2) is 42.6 Å². The number of anilines is 1. The predicted octanol–water partition coefficient (Wildman–Crippen LogP) is 3.10. The van der Waals surface area contributed by atoms with Gasteiger partial charge in [-0.05, 0) is 43.1 Å². The van der Waals surface area contributed by atoms with E-state index in [4.69, 9.17) is 4.98 Å². The molecule has 1 N–H and O–H groups in total. The minimum Gasteiger partial charge on any atom is -0.356 e. The Bertz CT molecular complexity index is 595.